The van der Waals surface area contributed by atoms with Crippen LogP contribution in [-0.4, -0.2) is 25.2 Å². The molecule has 0 aliphatic carbocycles. The summed E-state index contributed by atoms with van der Waals surface area (Å²) in [6, 6.07) is 0. The van der Waals surface area contributed by atoms with Gasteiger partial charge in [0.25, 0.3) is 5.24 Å². The fraction of sp³-hybridized carbons (Fsp3) is 0.750. The van der Waals surface area contributed by atoms with Crippen molar-refractivity contribution in [2.45, 2.75) is 0 Å². The summed E-state index contributed by atoms with van der Waals surface area (Å²) in [5.74, 6) is 0.790. The maximum Gasteiger partial charge on any atom is 0.289 e. The molecule has 0 fully saturated rings. The number of nitrogens with one attached hydrogen (secondary N) is 2. The lowest BCUT2D eigenvalue weighted by Gasteiger charge is -1.96. The first-order valence-corrected chi connectivity index (χ1v) is 4.79. The Balaban J connectivity index is 2.97. The number of carbonyl (C=O) groups is 1. The van der Waals surface area contributed by atoms with Crippen molar-refractivity contribution in [1.29, 1.82) is 0 Å². The molecule has 2 N–H and O–H groups in total. The molecule has 0 aliphatic heterocycles. The van der Waals surface area contributed by atoms with Crippen LogP contribution in [0.25, 0.3) is 0 Å². The monoisotopic (exact) mass is 166 g/mol. The van der Waals surface area contributed by atoms with Crippen molar-refractivity contribution in [2.24, 2.45) is 0 Å². The van der Waals surface area contributed by atoms with Gasteiger partial charge in [0.2, 0.25) is 0 Å². The molecule has 5 heteroatoms. The van der Waals surface area contributed by atoms with E-state index in [0.717, 1.165) is 5.88 Å². The van der Waals surface area contributed by atoms with Crippen LogP contribution in [0, 0.1) is 0 Å². The highest BCUT2D eigenvalue weighted by Gasteiger charge is 1.95. The van der Waals surface area contributed by atoms with E-state index in [-0.39, 0.29) is 5.24 Å². The van der Waals surface area contributed by atoms with Crippen molar-refractivity contribution in [3.8, 4) is 0 Å². The number of amides is 1. The van der Waals surface area contributed by atoms with E-state index in [9.17, 15) is 4.79 Å². The molecule has 0 rings (SSSR count). The third-order valence-corrected chi connectivity index (χ3v) is 2.58. The first-order valence-electron chi connectivity index (χ1n) is 2.47. The maximum atomic E-state index is 10.5. The van der Waals surface area contributed by atoms with Crippen molar-refractivity contribution < 1.29 is 4.79 Å². The summed E-state index contributed by atoms with van der Waals surface area (Å²) < 4.78 is 0. The molecule has 0 aromatic rings. The van der Waals surface area contributed by atoms with Crippen LogP contribution in [0.15, 0.2) is 0 Å². The summed E-state index contributed by atoms with van der Waals surface area (Å²) in [6.45, 7) is 0. The van der Waals surface area contributed by atoms with Crippen LogP contribution in [-0.2, 0) is 0 Å². The number of carbonyl (C=O) groups excluding carboxylic acids is 1. The van der Waals surface area contributed by atoms with E-state index in [2.05, 4.69) is 10.6 Å². The lowest BCUT2D eigenvalue weighted by atomic mass is 11.2. The van der Waals surface area contributed by atoms with Gasteiger partial charge in [-0.2, -0.15) is 0 Å². The van der Waals surface area contributed by atoms with Gasteiger partial charge < -0.3 is 10.6 Å². The van der Waals surface area contributed by atoms with Crippen molar-refractivity contribution in [3.05, 3.63) is 0 Å². The molecule has 1 amide bonds. The zero-order valence-electron chi connectivity index (χ0n) is 5.43. The lowest BCUT2D eigenvalue weighted by molar-refractivity contribution is 0.262. The third kappa shape index (κ3) is 6.01. The standard InChI is InChI=1S/C4H10N2OS2/c1-5-3-8-9-4(7)6-2/h5H,3H2,1-2H3,(H,6,7). The van der Waals surface area contributed by atoms with Gasteiger partial charge in [-0.05, 0) is 7.05 Å². The molecule has 0 bridgehead atoms. The third-order valence-electron chi connectivity index (χ3n) is 0.542. The summed E-state index contributed by atoms with van der Waals surface area (Å²) >= 11 is 0. The summed E-state index contributed by atoms with van der Waals surface area (Å²) in [5, 5.41) is 5.40. The lowest BCUT2D eigenvalue weighted by Crippen LogP contribution is -2.11. The zero-order chi connectivity index (χ0) is 7.11. The highest BCUT2D eigenvalue weighted by atomic mass is 33.1. The molecular weight excluding hydrogens is 156 g/mol. The minimum Gasteiger partial charge on any atom is -0.349 e. The molecule has 54 valence electrons. The molecule has 0 saturated heterocycles. The Morgan fingerprint density at radius 1 is 1.56 bits per heavy atom. The summed E-state index contributed by atoms with van der Waals surface area (Å²) in [6.07, 6.45) is 0. The number of hydrogen-bond acceptors (Lipinski definition) is 4. The van der Waals surface area contributed by atoms with Crippen LogP contribution < -0.4 is 10.6 Å². The van der Waals surface area contributed by atoms with E-state index in [4.69, 9.17) is 0 Å². The molecule has 9 heavy (non-hydrogen) atoms. The van der Waals surface area contributed by atoms with Gasteiger partial charge in [0.1, 0.15) is 0 Å². The van der Waals surface area contributed by atoms with Gasteiger partial charge in [0.05, 0.1) is 5.88 Å². The van der Waals surface area contributed by atoms with E-state index >= 15 is 0 Å². The highest BCUT2D eigenvalue weighted by molar-refractivity contribution is 8.82. The number of hydrogen-bond donors (Lipinski definition) is 2. The second-order valence-electron chi connectivity index (χ2n) is 1.24. The zero-order valence-corrected chi connectivity index (χ0v) is 7.06. The average molecular weight is 166 g/mol. The fourth-order valence-electron chi connectivity index (χ4n) is 0.184. The fourth-order valence-corrected chi connectivity index (χ4v) is 1.65. The molecule has 0 spiro atoms. The predicted molar refractivity (Wildman–Crippen MR) is 43.6 cm³/mol. The van der Waals surface area contributed by atoms with Gasteiger partial charge >= 0.3 is 0 Å². The van der Waals surface area contributed by atoms with E-state index in [0.29, 0.717) is 0 Å². The molecule has 0 aromatic carbocycles. The Morgan fingerprint density at radius 3 is 2.67 bits per heavy atom. The van der Waals surface area contributed by atoms with Gasteiger partial charge in [-0.25, -0.2) is 0 Å². The van der Waals surface area contributed by atoms with E-state index < -0.39 is 0 Å². The molecule has 0 radical (unpaired) electrons. The van der Waals surface area contributed by atoms with Gasteiger partial charge in [0, 0.05) is 17.8 Å². The average Bonchev–Trinajstić information content (AvgIpc) is 1.89. The molecule has 0 aliphatic rings. The second kappa shape index (κ2) is 6.25. The quantitative estimate of drug-likeness (QED) is 0.371. The van der Waals surface area contributed by atoms with Gasteiger partial charge in [-0.15, -0.1) is 0 Å². The van der Waals surface area contributed by atoms with Crippen LogP contribution in [0.2, 0.25) is 0 Å². The van der Waals surface area contributed by atoms with Crippen LogP contribution in [0.5, 0.6) is 0 Å². The molecule has 0 heterocycles. The first-order chi connectivity index (χ1) is 4.31. The van der Waals surface area contributed by atoms with Crippen LogP contribution in [0.4, 0.5) is 4.79 Å². The van der Waals surface area contributed by atoms with E-state index in [1.165, 1.54) is 21.6 Å². The number of rotatable bonds is 3. The van der Waals surface area contributed by atoms with Gasteiger partial charge in [0.15, 0.2) is 0 Å². The van der Waals surface area contributed by atoms with Crippen molar-refractivity contribution >= 4 is 26.8 Å². The predicted octanol–water partition coefficient (Wildman–Crippen LogP) is 0.884. The minimum atomic E-state index is -0.00440. The molecule has 0 saturated carbocycles. The first kappa shape index (κ1) is 9.13. The molecule has 3 nitrogen and oxygen atoms in total. The Morgan fingerprint density at radius 2 is 2.22 bits per heavy atom. The Hall–Kier alpha value is 0.130. The van der Waals surface area contributed by atoms with Gasteiger partial charge in [-0.3, -0.25) is 4.79 Å². The SMILES string of the molecule is CNCSSC(=O)NC. The van der Waals surface area contributed by atoms with E-state index in [1.54, 1.807) is 7.05 Å². The summed E-state index contributed by atoms with van der Waals surface area (Å²) in [5.41, 5.74) is 0. The van der Waals surface area contributed by atoms with Crippen LogP contribution >= 0.6 is 21.6 Å². The van der Waals surface area contributed by atoms with Crippen LogP contribution in [0.3, 0.4) is 0 Å². The Bertz CT molecular complexity index is 88.6. The largest absolute Gasteiger partial charge is 0.349 e. The molecular formula is C4H10N2OS2. The van der Waals surface area contributed by atoms with Crippen molar-refractivity contribution in [1.82, 2.24) is 10.6 Å². The molecule has 0 aromatic heterocycles. The molecule has 0 unspecified atom stereocenters. The van der Waals surface area contributed by atoms with Crippen molar-refractivity contribution in [2.75, 3.05) is 20.0 Å². The highest BCUT2D eigenvalue weighted by Crippen LogP contribution is 2.19. The normalized spacial score (nSPS) is 9.11. The van der Waals surface area contributed by atoms with Gasteiger partial charge in [-0.1, -0.05) is 10.8 Å². The summed E-state index contributed by atoms with van der Waals surface area (Å²) in [4.78, 5) is 10.5. The molecule has 0 atom stereocenters. The van der Waals surface area contributed by atoms with E-state index in [1.807, 2.05) is 7.05 Å². The second-order valence-corrected chi connectivity index (χ2v) is 3.51. The minimum absolute atomic E-state index is 0.00440. The van der Waals surface area contributed by atoms with Crippen LogP contribution in [0.1, 0.15) is 0 Å². The smallest absolute Gasteiger partial charge is 0.289 e. The topological polar surface area (TPSA) is 41.1 Å². The Labute approximate surface area is 62.7 Å². The Kier molecular flexibility index (Phi) is 6.34. The maximum absolute atomic E-state index is 10.5. The van der Waals surface area contributed by atoms with Crippen molar-refractivity contribution in [3.63, 3.8) is 0 Å². The summed E-state index contributed by atoms with van der Waals surface area (Å²) in [7, 11) is 6.15.